The first-order valence-electron chi connectivity index (χ1n) is 10.8. The van der Waals surface area contributed by atoms with Crippen LogP contribution in [0.1, 0.15) is 29.6 Å². The summed E-state index contributed by atoms with van der Waals surface area (Å²) < 4.78 is 9.90. The Hall–Kier alpha value is -3.43. The van der Waals surface area contributed by atoms with Crippen LogP contribution in [0.2, 0.25) is 0 Å². The first kappa shape index (κ1) is 20.5. The number of ether oxygens (including phenoxy) is 1. The van der Waals surface area contributed by atoms with Gasteiger partial charge in [-0.3, -0.25) is 9.78 Å². The van der Waals surface area contributed by atoms with Gasteiger partial charge >= 0.3 is 0 Å². The Morgan fingerprint density at radius 2 is 2.16 bits per heavy atom. The zero-order valence-corrected chi connectivity index (χ0v) is 18.5. The van der Waals surface area contributed by atoms with Crippen LogP contribution in [-0.4, -0.2) is 54.1 Å². The first-order chi connectivity index (χ1) is 15.5. The van der Waals surface area contributed by atoms with Crippen LogP contribution in [0.25, 0.3) is 34.2 Å². The van der Waals surface area contributed by atoms with Gasteiger partial charge in [-0.15, -0.1) is 0 Å². The average molecular weight is 434 g/mol. The van der Waals surface area contributed by atoms with Crippen LogP contribution in [0.5, 0.6) is 5.88 Å². The lowest BCUT2D eigenvalue weighted by Gasteiger charge is -2.16. The number of hydrogen-bond acceptors (Lipinski definition) is 6. The molecule has 5 rings (SSSR count). The minimum atomic E-state index is -0.0675. The normalized spacial score (nSPS) is 17.4. The molecular formula is C23H27N7O2. The molecule has 1 aliphatic rings. The Bertz CT molecular complexity index is 1300. The standard InChI is InChI=1S/C23H27N7O2/c1-14-11-24-13-22-17(15(2)30(28-22)8-9-31)5-7-21-18-10-16(4-6-20(18)26-27-21)19-12-25-29(3)23(19)32-14/h4-7,10,12,14,24,31H,8-9,11,13H2,1-3H3,(H,26,27)/b7-5+. The molecule has 1 atom stereocenters. The Labute approximate surface area is 185 Å². The maximum Gasteiger partial charge on any atom is 0.219 e. The lowest BCUT2D eigenvalue weighted by molar-refractivity contribution is 0.199. The molecule has 0 fully saturated rings. The van der Waals surface area contributed by atoms with E-state index in [0.717, 1.165) is 50.6 Å². The van der Waals surface area contributed by atoms with E-state index in [1.165, 1.54) is 0 Å². The fourth-order valence-corrected chi connectivity index (χ4v) is 4.16. The number of aromatic amines is 1. The average Bonchev–Trinajstić information content (AvgIpc) is 3.43. The summed E-state index contributed by atoms with van der Waals surface area (Å²) in [5.74, 6) is 0.734. The van der Waals surface area contributed by atoms with Crippen LogP contribution < -0.4 is 10.1 Å². The van der Waals surface area contributed by atoms with Gasteiger partial charge in [0.2, 0.25) is 5.88 Å². The number of nitrogens with zero attached hydrogens (tertiary/aromatic N) is 5. The molecule has 4 heterocycles. The van der Waals surface area contributed by atoms with Crippen LogP contribution >= 0.6 is 0 Å². The van der Waals surface area contributed by atoms with Crippen molar-refractivity contribution in [2.75, 3.05) is 13.2 Å². The summed E-state index contributed by atoms with van der Waals surface area (Å²) in [6, 6.07) is 6.17. The van der Waals surface area contributed by atoms with Gasteiger partial charge in [0.1, 0.15) is 6.10 Å². The van der Waals surface area contributed by atoms with Crippen molar-refractivity contribution in [3.8, 4) is 17.0 Å². The fourth-order valence-electron chi connectivity index (χ4n) is 4.16. The highest BCUT2D eigenvalue weighted by atomic mass is 16.5. The molecule has 166 valence electrons. The Balaban J connectivity index is 1.65. The number of benzene rings is 1. The molecule has 0 saturated carbocycles. The Morgan fingerprint density at radius 3 is 3.00 bits per heavy atom. The predicted octanol–water partition coefficient (Wildman–Crippen LogP) is 2.50. The summed E-state index contributed by atoms with van der Waals surface area (Å²) in [5, 5.41) is 30.6. The van der Waals surface area contributed by atoms with Gasteiger partial charge in [0.25, 0.3) is 0 Å². The van der Waals surface area contributed by atoms with E-state index in [9.17, 15) is 5.11 Å². The summed E-state index contributed by atoms with van der Waals surface area (Å²) in [7, 11) is 1.89. The smallest absolute Gasteiger partial charge is 0.219 e. The van der Waals surface area contributed by atoms with Gasteiger partial charge in [0.15, 0.2) is 0 Å². The van der Waals surface area contributed by atoms with Crippen molar-refractivity contribution in [1.29, 1.82) is 0 Å². The molecule has 9 nitrogen and oxygen atoms in total. The summed E-state index contributed by atoms with van der Waals surface area (Å²) in [5.41, 5.74) is 6.78. The van der Waals surface area contributed by atoms with Gasteiger partial charge < -0.3 is 15.2 Å². The third-order valence-electron chi connectivity index (χ3n) is 5.87. The zero-order valence-electron chi connectivity index (χ0n) is 18.5. The zero-order chi connectivity index (χ0) is 22.2. The van der Waals surface area contributed by atoms with Crippen molar-refractivity contribution in [2.45, 2.75) is 33.0 Å². The van der Waals surface area contributed by atoms with Crippen LogP contribution in [0.15, 0.2) is 24.4 Å². The van der Waals surface area contributed by atoms with Crippen molar-refractivity contribution in [3.63, 3.8) is 0 Å². The first-order valence-corrected chi connectivity index (χ1v) is 10.8. The third kappa shape index (κ3) is 3.59. The number of aliphatic hydroxyl groups excluding tert-OH is 1. The minimum absolute atomic E-state index is 0.0460. The van der Waals surface area contributed by atoms with Crippen molar-refractivity contribution >= 4 is 23.1 Å². The second-order valence-electron chi connectivity index (χ2n) is 8.14. The maximum atomic E-state index is 9.41. The summed E-state index contributed by atoms with van der Waals surface area (Å²) in [4.78, 5) is 0. The van der Waals surface area contributed by atoms with Gasteiger partial charge in [-0.05, 0) is 43.7 Å². The fraction of sp³-hybridized carbons (Fsp3) is 0.348. The molecule has 2 bridgehead atoms. The highest BCUT2D eigenvalue weighted by Crippen LogP contribution is 2.33. The van der Waals surface area contributed by atoms with Gasteiger partial charge in [-0.25, -0.2) is 4.68 Å². The second-order valence-corrected chi connectivity index (χ2v) is 8.14. The predicted molar refractivity (Wildman–Crippen MR) is 123 cm³/mol. The van der Waals surface area contributed by atoms with E-state index in [1.54, 1.807) is 4.68 Å². The quantitative estimate of drug-likeness (QED) is 0.449. The Kier molecular flexibility index (Phi) is 5.28. The number of fused-ring (bicyclic) bond motifs is 4. The van der Waals surface area contributed by atoms with Crippen LogP contribution in [0.4, 0.5) is 0 Å². The largest absolute Gasteiger partial charge is 0.473 e. The van der Waals surface area contributed by atoms with Crippen LogP contribution in [-0.2, 0) is 20.1 Å². The third-order valence-corrected chi connectivity index (χ3v) is 5.87. The van der Waals surface area contributed by atoms with Crippen LogP contribution in [0.3, 0.4) is 0 Å². The van der Waals surface area contributed by atoms with E-state index in [4.69, 9.17) is 9.84 Å². The number of hydrogen-bond donors (Lipinski definition) is 3. The molecule has 0 amide bonds. The summed E-state index contributed by atoms with van der Waals surface area (Å²) >= 11 is 0. The van der Waals surface area contributed by atoms with Crippen molar-refractivity contribution in [2.24, 2.45) is 7.05 Å². The van der Waals surface area contributed by atoms with Crippen molar-refractivity contribution in [1.82, 2.24) is 35.1 Å². The lowest BCUT2D eigenvalue weighted by atomic mass is 10.0. The molecule has 3 aromatic heterocycles. The summed E-state index contributed by atoms with van der Waals surface area (Å²) in [6.45, 7) is 5.82. The molecule has 0 spiro atoms. The van der Waals surface area contributed by atoms with Crippen molar-refractivity contribution in [3.05, 3.63) is 47.0 Å². The molecule has 1 aromatic carbocycles. The molecule has 4 aromatic rings. The molecule has 0 saturated heterocycles. The van der Waals surface area contributed by atoms with Gasteiger partial charge in [0.05, 0.1) is 41.8 Å². The van der Waals surface area contributed by atoms with E-state index in [0.29, 0.717) is 19.6 Å². The van der Waals surface area contributed by atoms with E-state index in [1.807, 2.05) is 50.0 Å². The van der Waals surface area contributed by atoms with Gasteiger partial charge in [-0.2, -0.15) is 15.3 Å². The monoisotopic (exact) mass is 433 g/mol. The van der Waals surface area contributed by atoms with E-state index < -0.39 is 0 Å². The minimum Gasteiger partial charge on any atom is -0.473 e. The Morgan fingerprint density at radius 1 is 1.28 bits per heavy atom. The number of rotatable bonds is 2. The molecule has 0 aliphatic carbocycles. The van der Waals surface area contributed by atoms with E-state index >= 15 is 0 Å². The number of aliphatic hydroxyl groups is 1. The SMILES string of the molecule is Cc1c2c(nn1CCO)CNCC(C)Oc1c(cnn1C)-c1ccc3n[nH]c(c3c1)/C=C/2. The van der Waals surface area contributed by atoms with Crippen molar-refractivity contribution < 1.29 is 9.84 Å². The highest BCUT2D eigenvalue weighted by molar-refractivity contribution is 5.93. The van der Waals surface area contributed by atoms with Gasteiger partial charge in [0, 0.05) is 36.8 Å². The molecule has 0 radical (unpaired) electrons. The van der Waals surface area contributed by atoms with Crippen LogP contribution in [0, 0.1) is 6.92 Å². The van der Waals surface area contributed by atoms with Gasteiger partial charge in [-0.1, -0.05) is 6.07 Å². The topological polar surface area (TPSA) is 106 Å². The molecule has 1 unspecified atom stereocenters. The molecule has 3 N–H and O–H groups in total. The second kappa shape index (κ2) is 8.25. The number of nitrogens with one attached hydrogen (secondary N) is 2. The molecule has 32 heavy (non-hydrogen) atoms. The van der Waals surface area contributed by atoms with E-state index in [2.05, 4.69) is 32.8 Å². The molecular weight excluding hydrogens is 406 g/mol. The molecule has 9 heteroatoms. The highest BCUT2D eigenvalue weighted by Gasteiger charge is 2.18. The van der Waals surface area contributed by atoms with E-state index in [-0.39, 0.29) is 12.7 Å². The lowest BCUT2D eigenvalue weighted by Crippen LogP contribution is -2.29. The number of aryl methyl sites for hydroxylation is 1. The number of H-pyrrole nitrogens is 1. The number of aromatic nitrogens is 6. The molecule has 1 aliphatic heterocycles. The maximum absolute atomic E-state index is 9.41. The summed E-state index contributed by atoms with van der Waals surface area (Å²) in [6.07, 6.45) is 5.89.